The lowest BCUT2D eigenvalue weighted by atomic mass is 10.1. The molecule has 0 unspecified atom stereocenters. The number of methoxy groups -OCH3 is 2. The summed E-state index contributed by atoms with van der Waals surface area (Å²) in [6.07, 6.45) is 0.112. The van der Waals surface area contributed by atoms with E-state index in [1.54, 1.807) is 38.4 Å². The Labute approximate surface area is 169 Å². The van der Waals surface area contributed by atoms with Crippen LogP contribution in [0.2, 0.25) is 0 Å². The van der Waals surface area contributed by atoms with Gasteiger partial charge < -0.3 is 29.2 Å². The molecular formula is C21H24N2O6. The molecule has 0 bridgehead atoms. The van der Waals surface area contributed by atoms with Crippen LogP contribution in [0.3, 0.4) is 0 Å². The molecule has 0 aromatic heterocycles. The van der Waals surface area contributed by atoms with Crippen LogP contribution in [0.1, 0.15) is 15.9 Å². The zero-order chi connectivity index (χ0) is 21.0. The van der Waals surface area contributed by atoms with Gasteiger partial charge >= 0.3 is 0 Å². The van der Waals surface area contributed by atoms with Crippen LogP contribution in [0.4, 0.5) is 5.69 Å². The summed E-state index contributed by atoms with van der Waals surface area (Å²) >= 11 is 0. The van der Waals surface area contributed by atoms with Gasteiger partial charge in [0.1, 0.15) is 13.2 Å². The van der Waals surface area contributed by atoms with Crippen LogP contribution in [0.25, 0.3) is 0 Å². The summed E-state index contributed by atoms with van der Waals surface area (Å²) in [4.78, 5) is 26.7. The van der Waals surface area contributed by atoms with Crippen LogP contribution in [0, 0.1) is 0 Å². The second-order valence-electron chi connectivity index (χ2n) is 6.66. The summed E-state index contributed by atoms with van der Waals surface area (Å²) in [6.45, 7) is 0.985. The van der Waals surface area contributed by atoms with Gasteiger partial charge in [-0.05, 0) is 23.8 Å². The smallest absolute Gasteiger partial charge is 0.255 e. The first-order valence-corrected chi connectivity index (χ1v) is 9.09. The van der Waals surface area contributed by atoms with Crippen LogP contribution < -0.4 is 24.3 Å². The zero-order valence-corrected chi connectivity index (χ0v) is 16.9. The molecule has 1 aliphatic heterocycles. The van der Waals surface area contributed by atoms with Crippen LogP contribution in [0.5, 0.6) is 23.0 Å². The van der Waals surface area contributed by atoms with Gasteiger partial charge in [-0.3, -0.25) is 9.59 Å². The molecule has 0 atom stereocenters. The van der Waals surface area contributed by atoms with Crippen molar-refractivity contribution in [1.29, 1.82) is 0 Å². The topological polar surface area (TPSA) is 86.3 Å². The van der Waals surface area contributed by atoms with Gasteiger partial charge in [-0.1, -0.05) is 6.07 Å². The molecule has 2 aromatic rings. The van der Waals surface area contributed by atoms with Crippen molar-refractivity contribution in [2.75, 3.05) is 46.8 Å². The first-order valence-electron chi connectivity index (χ1n) is 9.09. The van der Waals surface area contributed by atoms with Crippen molar-refractivity contribution >= 4 is 17.5 Å². The predicted molar refractivity (Wildman–Crippen MR) is 107 cm³/mol. The molecule has 3 rings (SSSR count). The van der Waals surface area contributed by atoms with E-state index >= 15 is 0 Å². The quantitative estimate of drug-likeness (QED) is 0.801. The minimum atomic E-state index is -0.276. The van der Waals surface area contributed by atoms with Crippen LogP contribution in [-0.4, -0.2) is 58.2 Å². The third-order valence-electron chi connectivity index (χ3n) is 4.41. The SMILES string of the molecule is COc1cc(NC(=O)Cc2ccc3c(c2)OCCO3)c(C(=O)N(C)C)cc1OC. The Morgan fingerprint density at radius 1 is 1.00 bits per heavy atom. The third kappa shape index (κ3) is 4.53. The number of nitrogens with zero attached hydrogens (tertiary/aromatic N) is 1. The normalized spacial score (nSPS) is 12.1. The molecule has 154 valence electrons. The van der Waals surface area contributed by atoms with Crippen molar-refractivity contribution in [3.8, 4) is 23.0 Å². The number of carbonyl (C=O) groups is 2. The Kier molecular flexibility index (Phi) is 6.11. The molecule has 2 amide bonds. The van der Waals surface area contributed by atoms with Crippen molar-refractivity contribution < 1.29 is 28.5 Å². The highest BCUT2D eigenvalue weighted by Crippen LogP contribution is 2.34. The number of benzene rings is 2. The fourth-order valence-corrected chi connectivity index (χ4v) is 2.98. The molecule has 2 aromatic carbocycles. The molecule has 8 heteroatoms. The molecular weight excluding hydrogens is 376 g/mol. The van der Waals surface area contributed by atoms with E-state index < -0.39 is 0 Å². The van der Waals surface area contributed by atoms with Crippen molar-refractivity contribution in [2.24, 2.45) is 0 Å². The van der Waals surface area contributed by atoms with Gasteiger partial charge in [-0.15, -0.1) is 0 Å². The number of hydrogen-bond donors (Lipinski definition) is 1. The standard InChI is InChI=1S/C21H24N2O6/c1-23(2)21(25)14-11-17(26-3)18(27-4)12-15(14)22-20(24)10-13-5-6-16-19(9-13)29-8-7-28-16/h5-6,9,11-12H,7-8,10H2,1-4H3,(H,22,24). The van der Waals surface area contributed by atoms with Gasteiger partial charge in [0.05, 0.1) is 31.9 Å². The Hall–Kier alpha value is -3.42. The summed E-state index contributed by atoms with van der Waals surface area (Å²) in [5.41, 5.74) is 1.43. The lowest BCUT2D eigenvalue weighted by molar-refractivity contribution is -0.115. The third-order valence-corrected chi connectivity index (χ3v) is 4.41. The Morgan fingerprint density at radius 3 is 2.31 bits per heavy atom. The monoisotopic (exact) mass is 400 g/mol. The van der Waals surface area contributed by atoms with Crippen molar-refractivity contribution in [1.82, 2.24) is 4.90 Å². The fraction of sp³-hybridized carbons (Fsp3) is 0.333. The first-order chi connectivity index (χ1) is 13.9. The number of carbonyl (C=O) groups excluding carboxylic acids is 2. The molecule has 8 nitrogen and oxygen atoms in total. The van der Waals surface area contributed by atoms with Gasteiger partial charge in [0, 0.05) is 20.2 Å². The van der Waals surface area contributed by atoms with E-state index in [0.29, 0.717) is 47.5 Å². The number of amides is 2. The zero-order valence-electron chi connectivity index (χ0n) is 16.9. The molecule has 0 saturated heterocycles. The maximum absolute atomic E-state index is 12.7. The minimum Gasteiger partial charge on any atom is -0.493 e. The van der Waals surface area contributed by atoms with E-state index in [2.05, 4.69) is 5.32 Å². The molecule has 0 aliphatic carbocycles. The number of fused-ring (bicyclic) bond motifs is 1. The maximum atomic E-state index is 12.7. The highest BCUT2D eigenvalue weighted by atomic mass is 16.6. The fourth-order valence-electron chi connectivity index (χ4n) is 2.98. The number of nitrogens with one attached hydrogen (secondary N) is 1. The second kappa shape index (κ2) is 8.72. The van der Waals surface area contributed by atoms with Crippen LogP contribution in [-0.2, 0) is 11.2 Å². The summed E-state index contributed by atoms with van der Waals surface area (Å²) < 4.78 is 21.6. The molecule has 0 spiro atoms. The lowest BCUT2D eigenvalue weighted by Crippen LogP contribution is -2.24. The summed E-state index contributed by atoms with van der Waals surface area (Å²) in [5, 5.41) is 2.81. The average molecular weight is 400 g/mol. The summed E-state index contributed by atoms with van der Waals surface area (Å²) in [5.74, 6) is 1.57. The van der Waals surface area contributed by atoms with Crippen molar-refractivity contribution in [2.45, 2.75) is 6.42 Å². The molecule has 1 N–H and O–H groups in total. The molecule has 0 radical (unpaired) electrons. The lowest BCUT2D eigenvalue weighted by Gasteiger charge is -2.19. The second-order valence-corrected chi connectivity index (χ2v) is 6.66. The number of hydrogen-bond acceptors (Lipinski definition) is 6. The first kappa shape index (κ1) is 20.3. The van der Waals surface area contributed by atoms with Crippen LogP contribution >= 0.6 is 0 Å². The van der Waals surface area contributed by atoms with E-state index in [1.165, 1.54) is 19.1 Å². The Balaban J connectivity index is 1.84. The summed E-state index contributed by atoms with van der Waals surface area (Å²) in [7, 11) is 6.26. The highest BCUT2D eigenvalue weighted by molar-refractivity contribution is 6.04. The Morgan fingerprint density at radius 2 is 1.66 bits per heavy atom. The van der Waals surface area contributed by atoms with Crippen molar-refractivity contribution in [3.05, 3.63) is 41.5 Å². The van der Waals surface area contributed by atoms with Crippen LogP contribution in [0.15, 0.2) is 30.3 Å². The maximum Gasteiger partial charge on any atom is 0.255 e. The number of rotatable bonds is 6. The van der Waals surface area contributed by atoms with E-state index in [4.69, 9.17) is 18.9 Å². The van der Waals surface area contributed by atoms with Gasteiger partial charge in [0.15, 0.2) is 23.0 Å². The molecule has 1 heterocycles. The minimum absolute atomic E-state index is 0.112. The van der Waals surface area contributed by atoms with E-state index in [-0.39, 0.29) is 18.2 Å². The van der Waals surface area contributed by atoms with E-state index in [0.717, 1.165) is 5.56 Å². The largest absolute Gasteiger partial charge is 0.493 e. The van der Waals surface area contributed by atoms with Gasteiger partial charge in [0.2, 0.25) is 5.91 Å². The Bertz CT molecular complexity index is 926. The summed E-state index contributed by atoms with van der Waals surface area (Å²) in [6, 6.07) is 8.52. The van der Waals surface area contributed by atoms with Gasteiger partial charge in [-0.2, -0.15) is 0 Å². The molecule has 1 aliphatic rings. The molecule has 0 fully saturated rings. The van der Waals surface area contributed by atoms with Gasteiger partial charge in [0.25, 0.3) is 5.91 Å². The van der Waals surface area contributed by atoms with E-state index in [9.17, 15) is 9.59 Å². The predicted octanol–water partition coefficient (Wildman–Crippen LogP) is 2.36. The molecule has 29 heavy (non-hydrogen) atoms. The van der Waals surface area contributed by atoms with E-state index in [1.807, 2.05) is 6.07 Å². The molecule has 0 saturated carbocycles. The highest BCUT2D eigenvalue weighted by Gasteiger charge is 2.20. The van der Waals surface area contributed by atoms with Gasteiger partial charge in [-0.25, -0.2) is 0 Å². The number of ether oxygens (including phenoxy) is 4. The number of anilines is 1. The average Bonchev–Trinajstić information content (AvgIpc) is 2.72. The van der Waals surface area contributed by atoms with Crippen molar-refractivity contribution in [3.63, 3.8) is 0 Å².